The van der Waals surface area contributed by atoms with Gasteiger partial charge in [-0.25, -0.2) is 0 Å². The van der Waals surface area contributed by atoms with Gasteiger partial charge in [-0.1, -0.05) is 53.7 Å². The Hall–Kier alpha value is -3.22. The highest BCUT2D eigenvalue weighted by molar-refractivity contribution is 8.04. The largest absolute Gasteiger partial charge is 0.494 e. The van der Waals surface area contributed by atoms with Crippen molar-refractivity contribution in [3.8, 4) is 5.75 Å². The van der Waals surface area contributed by atoms with E-state index in [2.05, 4.69) is 5.32 Å². The first kappa shape index (κ1) is 23.9. The first-order valence-corrected chi connectivity index (χ1v) is 12.2. The first-order chi connectivity index (χ1) is 16.5. The number of amides is 2. The van der Waals surface area contributed by atoms with Gasteiger partial charge in [-0.05, 0) is 66.9 Å². The van der Waals surface area contributed by atoms with Crippen LogP contribution in [-0.2, 0) is 11.2 Å². The third-order valence-electron chi connectivity index (χ3n) is 5.44. The Balaban J connectivity index is 1.42. The minimum absolute atomic E-state index is 0.134. The zero-order valence-electron chi connectivity index (χ0n) is 19.0. The number of thioether (sulfide) groups is 1. The van der Waals surface area contributed by atoms with Crippen LogP contribution in [0.3, 0.4) is 0 Å². The molecule has 0 saturated heterocycles. The standard InChI is InChI=1S/C27H25ClN2O3S/c1-3-33-21-11-8-18(9-12-21)14-15-29-26(31)20-10-13-24-23(16-20)30(2)27(32)25(34-24)17-19-6-4-5-7-22(19)28/h4-13,16-17H,3,14-15H2,1-2H3,(H,29,31). The maximum absolute atomic E-state index is 13.0. The predicted molar refractivity (Wildman–Crippen MR) is 139 cm³/mol. The topological polar surface area (TPSA) is 58.6 Å². The molecule has 34 heavy (non-hydrogen) atoms. The van der Waals surface area contributed by atoms with Gasteiger partial charge in [0.05, 0.1) is 17.2 Å². The second-order valence-electron chi connectivity index (χ2n) is 7.76. The Labute approximate surface area is 208 Å². The van der Waals surface area contributed by atoms with E-state index in [4.69, 9.17) is 16.3 Å². The molecule has 2 amide bonds. The average molecular weight is 493 g/mol. The van der Waals surface area contributed by atoms with Crippen LogP contribution in [0, 0.1) is 0 Å². The van der Waals surface area contributed by atoms with Crippen molar-refractivity contribution in [2.75, 3.05) is 25.1 Å². The second-order valence-corrected chi connectivity index (χ2v) is 9.25. The molecule has 1 N–H and O–H groups in total. The van der Waals surface area contributed by atoms with Gasteiger partial charge < -0.3 is 15.0 Å². The third kappa shape index (κ3) is 5.46. The van der Waals surface area contributed by atoms with Crippen molar-refractivity contribution in [3.63, 3.8) is 0 Å². The van der Waals surface area contributed by atoms with Gasteiger partial charge in [0.15, 0.2) is 0 Å². The van der Waals surface area contributed by atoms with Crippen LogP contribution in [0.15, 0.2) is 76.5 Å². The summed E-state index contributed by atoms with van der Waals surface area (Å²) in [5.41, 5.74) is 3.14. The Morgan fingerprint density at radius 3 is 2.62 bits per heavy atom. The molecule has 1 aliphatic rings. The van der Waals surface area contributed by atoms with Crippen LogP contribution in [0.25, 0.3) is 6.08 Å². The molecular formula is C27H25ClN2O3S. The van der Waals surface area contributed by atoms with E-state index in [-0.39, 0.29) is 11.8 Å². The van der Waals surface area contributed by atoms with Crippen LogP contribution in [-0.4, -0.2) is 32.0 Å². The lowest BCUT2D eigenvalue weighted by atomic mass is 10.1. The lowest BCUT2D eigenvalue weighted by molar-refractivity contribution is -0.114. The van der Waals surface area contributed by atoms with Crippen LogP contribution in [0.5, 0.6) is 5.75 Å². The summed E-state index contributed by atoms with van der Waals surface area (Å²) in [5, 5.41) is 3.55. The number of halogens is 1. The molecule has 0 unspecified atom stereocenters. The minimum atomic E-state index is -0.169. The smallest absolute Gasteiger partial charge is 0.264 e. The molecule has 0 radical (unpaired) electrons. The fourth-order valence-corrected chi connectivity index (χ4v) is 4.88. The van der Waals surface area contributed by atoms with E-state index in [0.717, 1.165) is 21.8 Å². The van der Waals surface area contributed by atoms with Gasteiger partial charge in [-0.3, -0.25) is 9.59 Å². The molecule has 1 aliphatic heterocycles. The number of fused-ring (bicyclic) bond motifs is 1. The molecule has 7 heteroatoms. The van der Waals surface area contributed by atoms with Gasteiger partial charge in [-0.15, -0.1) is 0 Å². The average Bonchev–Trinajstić information content (AvgIpc) is 2.84. The van der Waals surface area contributed by atoms with Crippen molar-refractivity contribution in [2.45, 2.75) is 18.2 Å². The number of ether oxygens (including phenoxy) is 1. The van der Waals surface area contributed by atoms with Crippen LogP contribution < -0.4 is 15.0 Å². The summed E-state index contributed by atoms with van der Waals surface area (Å²) in [7, 11) is 1.72. The van der Waals surface area contributed by atoms with Crippen molar-refractivity contribution in [1.29, 1.82) is 0 Å². The Morgan fingerprint density at radius 1 is 1.12 bits per heavy atom. The summed E-state index contributed by atoms with van der Waals surface area (Å²) in [4.78, 5) is 28.7. The summed E-state index contributed by atoms with van der Waals surface area (Å²) in [6.07, 6.45) is 2.52. The normalized spacial score (nSPS) is 14.1. The van der Waals surface area contributed by atoms with Gasteiger partial charge in [0.25, 0.3) is 11.8 Å². The lowest BCUT2D eigenvalue weighted by Crippen LogP contribution is -2.31. The highest BCUT2D eigenvalue weighted by Crippen LogP contribution is 2.42. The molecule has 3 aromatic carbocycles. The number of likely N-dealkylation sites (N-methyl/N-ethyl adjacent to an activating group) is 1. The highest BCUT2D eigenvalue weighted by atomic mass is 35.5. The van der Waals surface area contributed by atoms with E-state index in [1.54, 1.807) is 36.2 Å². The van der Waals surface area contributed by atoms with Crippen molar-refractivity contribution < 1.29 is 14.3 Å². The number of anilines is 1. The van der Waals surface area contributed by atoms with Crippen LogP contribution >= 0.6 is 23.4 Å². The van der Waals surface area contributed by atoms with Crippen molar-refractivity contribution in [1.82, 2.24) is 5.32 Å². The number of rotatable bonds is 7. The molecule has 0 spiro atoms. The quantitative estimate of drug-likeness (QED) is 0.422. The van der Waals surface area contributed by atoms with E-state index in [0.29, 0.717) is 40.8 Å². The van der Waals surface area contributed by atoms with Crippen molar-refractivity contribution in [3.05, 3.63) is 93.3 Å². The zero-order valence-corrected chi connectivity index (χ0v) is 20.6. The van der Waals surface area contributed by atoms with Crippen LogP contribution in [0.1, 0.15) is 28.4 Å². The van der Waals surface area contributed by atoms with Crippen molar-refractivity contribution in [2.24, 2.45) is 0 Å². The molecule has 1 heterocycles. The molecule has 4 rings (SSSR count). The number of nitrogens with zero attached hydrogens (tertiary/aromatic N) is 1. The third-order valence-corrected chi connectivity index (χ3v) is 6.86. The molecule has 3 aromatic rings. The van der Waals surface area contributed by atoms with Gasteiger partial charge >= 0.3 is 0 Å². The summed E-state index contributed by atoms with van der Waals surface area (Å²) in [6, 6.07) is 20.7. The fraction of sp³-hybridized carbons (Fsp3) is 0.185. The van der Waals surface area contributed by atoms with Gasteiger partial charge in [0, 0.05) is 29.1 Å². The predicted octanol–water partition coefficient (Wildman–Crippen LogP) is 5.82. The number of carbonyl (C=O) groups excluding carboxylic acids is 2. The van der Waals surface area contributed by atoms with Gasteiger partial charge in [-0.2, -0.15) is 0 Å². The molecule has 0 bridgehead atoms. The van der Waals surface area contributed by atoms with Crippen molar-refractivity contribution >= 4 is 46.9 Å². The minimum Gasteiger partial charge on any atom is -0.494 e. The molecule has 0 aromatic heterocycles. The maximum atomic E-state index is 13.0. The molecule has 0 saturated carbocycles. The lowest BCUT2D eigenvalue weighted by Gasteiger charge is -2.27. The van der Waals surface area contributed by atoms with E-state index in [1.165, 1.54) is 11.8 Å². The molecular weight excluding hydrogens is 468 g/mol. The fourth-order valence-electron chi connectivity index (χ4n) is 3.61. The summed E-state index contributed by atoms with van der Waals surface area (Å²) < 4.78 is 5.46. The van der Waals surface area contributed by atoms with E-state index < -0.39 is 0 Å². The Morgan fingerprint density at radius 2 is 1.88 bits per heavy atom. The molecule has 0 fully saturated rings. The van der Waals surface area contributed by atoms with E-state index in [9.17, 15) is 9.59 Å². The number of nitrogens with one attached hydrogen (secondary N) is 1. The number of carbonyl (C=O) groups is 2. The number of benzene rings is 3. The second kappa shape index (κ2) is 10.8. The van der Waals surface area contributed by atoms with E-state index >= 15 is 0 Å². The van der Waals surface area contributed by atoms with Crippen LogP contribution in [0.2, 0.25) is 5.02 Å². The Bertz CT molecular complexity index is 1240. The molecule has 174 valence electrons. The number of hydrogen-bond donors (Lipinski definition) is 1. The molecule has 0 aliphatic carbocycles. The zero-order chi connectivity index (χ0) is 24.1. The first-order valence-electron chi connectivity index (χ1n) is 11.0. The summed E-state index contributed by atoms with van der Waals surface area (Å²) in [5.74, 6) is 0.535. The molecule has 5 nitrogen and oxygen atoms in total. The Kier molecular flexibility index (Phi) is 7.60. The molecule has 0 atom stereocenters. The summed E-state index contributed by atoms with van der Waals surface area (Å²) in [6.45, 7) is 3.10. The highest BCUT2D eigenvalue weighted by Gasteiger charge is 2.27. The summed E-state index contributed by atoms with van der Waals surface area (Å²) >= 11 is 7.64. The number of hydrogen-bond acceptors (Lipinski definition) is 4. The SMILES string of the molecule is CCOc1ccc(CCNC(=O)c2ccc3c(c2)N(C)C(=O)C(=Cc2ccccc2Cl)S3)cc1. The van der Waals surface area contributed by atoms with Gasteiger partial charge in [0.2, 0.25) is 0 Å². The van der Waals surface area contributed by atoms with E-state index in [1.807, 2.05) is 55.5 Å². The van der Waals surface area contributed by atoms with Crippen LogP contribution in [0.4, 0.5) is 5.69 Å². The maximum Gasteiger partial charge on any atom is 0.264 e. The van der Waals surface area contributed by atoms with Gasteiger partial charge in [0.1, 0.15) is 5.75 Å². The monoisotopic (exact) mass is 492 g/mol.